The number of aromatic amines is 1. The van der Waals surface area contributed by atoms with Crippen molar-refractivity contribution in [1.29, 1.82) is 0 Å². The maximum atomic E-state index is 12.7. The summed E-state index contributed by atoms with van der Waals surface area (Å²) in [5, 5.41) is 27.3. The normalized spacial score (nSPS) is 28.1. The van der Waals surface area contributed by atoms with E-state index in [9.17, 15) is 15.0 Å². The highest BCUT2D eigenvalue weighted by Gasteiger charge is 2.50. The third-order valence-electron chi connectivity index (χ3n) is 5.21. The number of aromatic nitrogens is 1. The fourth-order valence-corrected chi connectivity index (χ4v) is 4.06. The van der Waals surface area contributed by atoms with E-state index in [4.69, 9.17) is 0 Å². The van der Waals surface area contributed by atoms with Crippen molar-refractivity contribution in [3.8, 4) is 0 Å². The first kappa shape index (κ1) is 15.2. The maximum absolute atomic E-state index is 12.7. The largest absolute Gasteiger partial charge is 0.393 e. The Kier molecular flexibility index (Phi) is 3.23. The lowest BCUT2D eigenvalue weighted by molar-refractivity contribution is -0.120. The highest BCUT2D eigenvalue weighted by atomic mass is 16.3. The van der Waals surface area contributed by atoms with Crippen molar-refractivity contribution in [2.45, 2.75) is 31.3 Å². The molecule has 4 rings (SSSR count). The van der Waals surface area contributed by atoms with Gasteiger partial charge in [-0.05, 0) is 49.2 Å². The van der Waals surface area contributed by atoms with Gasteiger partial charge in [0.2, 0.25) is 5.91 Å². The molecule has 0 fully saturated rings. The smallest absolute Gasteiger partial charge is 0.232 e. The molecule has 126 valence electrons. The van der Waals surface area contributed by atoms with Crippen molar-refractivity contribution in [3.05, 3.63) is 46.8 Å². The van der Waals surface area contributed by atoms with Crippen LogP contribution in [-0.2, 0) is 4.79 Å². The molecule has 3 unspecified atom stereocenters. The Morgan fingerprint density at radius 2 is 2.08 bits per heavy atom. The Morgan fingerprint density at radius 1 is 1.29 bits per heavy atom. The number of hydrogen-bond donors (Lipinski definition) is 5. The van der Waals surface area contributed by atoms with Gasteiger partial charge in [-0.15, -0.1) is 0 Å². The quantitative estimate of drug-likeness (QED) is 0.579. The first-order valence-corrected chi connectivity index (χ1v) is 8.11. The summed E-state index contributed by atoms with van der Waals surface area (Å²) in [7, 11) is 0. The van der Waals surface area contributed by atoms with Crippen LogP contribution in [0.3, 0.4) is 0 Å². The Hall–Kier alpha value is -2.31. The number of nitrogens with one attached hydrogen (secondary N) is 3. The van der Waals surface area contributed by atoms with Crippen molar-refractivity contribution < 1.29 is 15.0 Å². The van der Waals surface area contributed by atoms with Crippen molar-refractivity contribution >= 4 is 17.3 Å². The van der Waals surface area contributed by atoms with Crippen LogP contribution in [0.1, 0.15) is 34.4 Å². The summed E-state index contributed by atoms with van der Waals surface area (Å²) < 4.78 is 0. The predicted octanol–water partition coefficient (Wildman–Crippen LogP) is 1.60. The van der Waals surface area contributed by atoms with Gasteiger partial charge in [0.1, 0.15) is 5.60 Å². The molecule has 2 aromatic rings. The number of carbonyl (C=O) groups excluding carboxylic acids is 1. The number of anilines is 2. The molecule has 6 heteroatoms. The summed E-state index contributed by atoms with van der Waals surface area (Å²) in [5.41, 5.74) is 3.73. The van der Waals surface area contributed by atoms with E-state index in [1.807, 2.05) is 38.1 Å². The van der Waals surface area contributed by atoms with E-state index in [1.165, 1.54) is 0 Å². The van der Waals surface area contributed by atoms with E-state index in [0.29, 0.717) is 0 Å². The van der Waals surface area contributed by atoms with Crippen LogP contribution in [0.5, 0.6) is 0 Å². The van der Waals surface area contributed by atoms with E-state index in [2.05, 4.69) is 15.6 Å². The van der Waals surface area contributed by atoms with Crippen LogP contribution < -0.4 is 10.6 Å². The zero-order valence-electron chi connectivity index (χ0n) is 13.7. The van der Waals surface area contributed by atoms with Gasteiger partial charge < -0.3 is 25.8 Å². The van der Waals surface area contributed by atoms with Crippen LogP contribution in [0.2, 0.25) is 0 Å². The Labute approximate surface area is 139 Å². The van der Waals surface area contributed by atoms with E-state index < -0.39 is 24.0 Å². The van der Waals surface area contributed by atoms with Gasteiger partial charge in [0.15, 0.2) is 0 Å². The van der Waals surface area contributed by atoms with E-state index in [-0.39, 0.29) is 12.5 Å². The molecule has 2 bridgehead atoms. The minimum atomic E-state index is -1.46. The van der Waals surface area contributed by atoms with Gasteiger partial charge in [0.25, 0.3) is 0 Å². The average Bonchev–Trinajstić information content (AvgIpc) is 3.03. The number of fused-ring (bicyclic) bond motifs is 1. The first-order chi connectivity index (χ1) is 11.4. The monoisotopic (exact) mass is 327 g/mol. The molecule has 6 nitrogen and oxygen atoms in total. The SMILES string of the molecule is Cc1cc(C)c(C2C3C(=O)Nc4ccc(cc43)NCC2(O)CO)[nH]1. The van der Waals surface area contributed by atoms with Crippen LogP contribution in [0.15, 0.2) is 24.3 Å². The van der Waals surface area contributed by atoms with Crippen LogP contribution in [-0.4, -0.2) is 39.9 Å². The predicted molar refractivity (Wildman–Crippen MR) is 91.3 cm³/mol. The molecule has 0 saturated heterocycles. The number of H-pyrrole nitrogens is 1. The van der Waals surface area contributed by atoms with Gasteiger partial charge >= 0.3 is 0 Å². The lowest BCUT2D eigenvalue weighted by atomic mass is 9.72. The highest BCUT2D eigenvalue weighted by Crippen LogP contribution is 2.49. The number of carbonyl (C=O) groups is 1. The molecule has 5 N–H and O–H groups in total. The minimum Gasteiger partial charge on any atom is -0.393 e. The Bertz CT molecular complexity index is 829. The summed E-state index contributed by atoms with van der Waals surface area (Å²) in [5.74, 6) is -1.26. The Balaban J connectivity index is 1.96. The molecule has 0 aliphatic carbocycles. The standard InChI is InChI=1S/C18H21N3O3/c1-9-5-10(2)20-16(9)15-14-12-6-11(19-7-18(15,24)8-22)3-4-13(12)21-17(14)23/h3-6,14-15,19-20,22,24H,7-8H2,1-2H3,(H,21,23). The van der Waals surface area contributed by atoms with E-state index in [1.54, 1.807) is 0 Å². The third kappa shape index (κ3) is 2.07. The summed E-state index contributed by atoms with van der Waals surface area (Å²) >= 11 is 0. The molecule has 1 amide bonds. The van der Waals surface area contributed by atoms with Crippen molar-refractivity contribution in [3.63, 3.8) is 0 Å². The molecule has 1 aromatic carbocycles. The van der Waals surface area contributed by atoms with Gasteiger partial charge in [-0.2, -0.15) is 0 Å². The maximum Gasteiger partial charge on any atom is 0.232 e. The second-order valence-corrected chi connectivity index (χ2v) is 6.91. The summed E-state index contributed by atoms with van der Waals surface area (Å²) in [4.78, 5) is 16.0. The summed E-state index contributed by atoms with van der Waals surface area (Å²) in [6, 6.07) is 7.68. The van der Waals surface area contributed by atoms with Gasteiger partial charge in [-0.25, -0.2) is 0 Å². The fraction of sp³-hybridized carbons (Fsp3) is 0.389. The molecule has 0 spiro atoms. The fourth-order valence-electron chi connectivity index (χ4n) is 4.06. The van der Waals surface area contributed by atoms with Crippen LogP contribution in [0, 0.1) is 13.8 Å². The second kappa shape index (κ2) is 5.09. The van der Waals surface area contributed by atoms with Crippen molar-refractivity contribution in [1.82, 2.24) is 4.98 Å². The lowest BCUT2D eigenvalue weighted by Gasteiger charge is -2.39. The number of β-amino-alcohol motifs (C(OH)–C–C–N with tert-alkyl or cyclic N) is 1. The average molecular weight is 327 g/mol. The molecule has 2 aliphatic heterocycles. The number of rotatable bonds is 2. The lowest BCUT2D eigenvalue weighted by Crippen LogP contribution is -2.50. The number of aliphatic hydroxyl groups is 2. The number of aliphatic hydroxyl groups excluding tert-OH is 1. The topological polar surface area (TPSA) is 97.4 Å². The molecule has 0 saturated carbocycles. The molecule has 3 atom stereocenters. The second-order valence-electron chi connectivity index (χ2n) is 6.91. The van der Waals surface area contributed by atoms with Gasteiger partial charge in [0, 0.05) is 35.2 Å². The molecule has 2 aliphatic rings. The number of benzene rings is 1. The third-order valence-corrected chi connectivity index (χ3v) is 5.21. The summed E-state index contributed by atoms with van der Waals surface area (Å²) in [6.45, 7) is 3.61. The van der Waals surface area contributed by atoms with Crippen molar-refractivity contribution in [2.75, 3.05) is 23.8 Å². The zero-order valence-corrected chi connectivity index (χ0v) is 13.7. The molecule has 3 heterocycles. The number of amides is 1. The minimum absolute atomic E-state index is 0.146. The van der Waals surface area contributed by atoms with Crippen molar-refractivity contribution in [2.24, 2.45) is 0 Å². The zero-order chi connectivity index (χ0) is 17.1. The number of hydrogen-bond acceptors (Lipinski definition) is 4. The van der Waals surface area contributed by atoms with Crippen LogP contribution >= 0.6 is 0 Å². The van der Waals surface area contributed by atoms with Crippen LogP contribution in [0.4, 0.5) is 11.4 Å². The molecule has 1 aromatic heterocycles. The van der Waals surface area contributed by atoms with E-state index >= 15 is 0 Å². The summed E-state index contributed by atoms with van der Waals surface area (Å²) in [6.07, 6.45) is 0. The number of aryl methyl sites for hydroxylation is 2. The molecular formula is C18H21N3O3. The molecular weight excluding hydrogens is 306 g/mol. The first-order valence-electron chi connectivity index (χ1n) is 8.11. The van der Waals surface area contributed by atoms with Gasteiger partial charge in [-0.3, -0.25) is 4.79 Å². The van der Waals surface area contributed by atoms with Crippen LogP contribution in [0.25, 0.3) is 0 Å². The molecule has 0 radical (unpaired) electrons. The highest BCUT2D eigenvalue weighted by molar-refractivity contribution is 6.04. The van der Waals surface area contributed by atoms with E-state index in [0.717, 1.165) is 33.9 Å². The van der Waals surface area contributed by atoms with Gasteiger partial charge in [-0.1, -0.05) is 0 Å². The Morgan fingerprint density at radius 3 is 2.75 bits per heavy atom. The molecule has 24 heavy (non-hydrogen) atoms. The van der Waals surface area contributed by atoms with Gasteiger partial charge in [0.05, 0.1) is 12.5 Å².